The molecule has 0 unspecified atom stereocenters. The summed E-state index contributed by atoms with van der Waals surface area (Å²) in [6.45, 7) is 5.59. The Morgan fingerprint density at radius 1 is 1.18 bits per heavy atom. The first-order chi connectivity index (χ1) is 13.5. The van der Waals surface area contributed by atoms with Crippen molar-refractivity contribution in [3.63, 3.8) is 0 Å². The minimum Gasteiger partial charge on any atom is -0.462 e. The van der Waals surface area contributed by atoms with Gasteiger partial charge in [0.05, 0.1) is 23.5 Å². The molecule has 28 heavy (non-hydrogen) atoms. The number of nitrogens with zero attached hydrogens (tertiary/aromatic N) is 2. The first-order valence-electron chi connectivity index (χ1n) is 9.62. The van der Waals surface area contributed by atoms with Crippen LogP contribution in [-0.4, -0.2) is 45.3 Å². The number of H-pyrrole nitrogens is 1. The van der Waals surface area contributed by atoms with Crippen molar-refractivity contribution in [2.75, 3.05) is 17.7 Å². The fraction of sp³-hybridized carbons (Fsp3) is 0.579. The summed E-state index contributed by atoms with van der Waals surface area (Å²) in [5.74, 6) is -0.387. The number of aryl methyl sites for hydroxylation is 2. The van der Waals surface area contributed by atoms with Crippen LogP contribution in [0.25, 0.3) is 0 Å². The number of Topliss-reactive ketones (excluding diaryl/α,β-unsaturated/α-hetero) is 1. The highest BCUT2D eigenvalue weighted by atomic mass is 32.2. The Morgan fingerprint density at radius 3 is 2.61 bits per heavy atom. The molecule has 0 radical (unpaired) electrons. The number of thioether (sulfide) groups is 1. The summed E-state index contributed by atoms with van der Waals surface area (Å²) in [5.41, 5.74) is 2.08. The lowest BCUT2D eigenvalue weighted by molar-refractivity contribution is 0.0522. The Hall–Kier alpha value is -1.87. The van der Waals surface area contributed by atoms with E-state index in [2.05, 4.69) is 20.5 Å². The van der Waals surface area contributed by atoms with Gasteiger partial charge in [-0.2, -0.15) is 0 Å². The van der Waals surface area contributed by atoms with Gasteiger partial charge in [0.2, 0.25) is 5.13 Å². The third kappa shape index (κ3) is 4.94. The maximum absolute atomic E-state index is 12.8. The van der Waals surface area contributed by atoms with Crippen LogP contribution in [0.5, 0.6) is 0 Å². The summed E-state index contributed by atoms with van der Waals surface area (Å²) in [5, 5.41) is 12.6. The summed E-state index contributed by atoms with van der Waals surface area (Å²) >= 11 is 2.82. The van der Waals surface area contributed by atoms with Crippen LogP contribution >= 0.6 is 23.1 Å². The molecule has 1 aliphatic rings. The Kier molecular flexibility index (Phi) is 7.12. The number of rotatable bonds is 8. The molecule has 0 aliphatic heterocycles. The number of hydrogen-bond acceptors (Lipinski definition) is 8. The predicted molar refractivity (Wildman–Crippen MR) is 112 cm³/mol. The molecule has 0 saturated heterocycles. The number of carbonyl (C=O) groups is 2. The molecule has 1 fully saturated rings. The number of hydrogen-bond donors (Lipinski definition) is 2. The number of nitrogens with one attached hydrogen (secondary N) is 2. The van der Waals surface area contributed by atoms with Gasteiger partial charge in [-0.1, -0.05) is 42.4 Å². The third-order valence-corrected chi connectivity index (χ3v) is 6.79. The van der Waals surface area contributed by atoms with Crippen molar-refractivity contribution in [3.05, 3.63) is 22.5 Å². The number of esters is 1. The maximum atomic E-state index is 12.8. The Bertz CT molecular complexity index is 840. The van der Waals surface area contributed by atoms with Crippen molar-refractivity contribution in [1.82, 2.24) is 15.2 Å². The summed E-state index contributed by atoms with van der Waals surface area (Å²) in [6, 6.07) is 0.471. The fourth-order valence-electron chi connectivity index (χ4n) is 3.54. The highest BCUT2D eigenvalue weighted by Crippen LogP contribution is 2.30. The van der Waals surface area contributed by atoms with E-state index in [9.17, 15) is 9.59 Å². The molecule has 1 saturated carbocycles. The van der Waals surface area contributed by atoms with Crippen LogP contribution in [0.15, 0.2) is 4.34 Å². The molecule has 0 aromatic carbocycles. The molecule has 152 valence electrons. The van der Waals surface area contributed by atoms with Crippen LogP contribution in [0.3, 0.4) is 0 Å². The number of ketones is 1. The second-order valence-corrected chi connectivity index (χ2v) is 9.11. The molecule has 0 amide bonds. The van der Waals surface area contributed by atoms with Gasteiger partial charge in [-0.25, -0.2) is 4.79 Å². The Labute approximate surface area is 173 Å². The molecule has 2 aromatic rings. The minimum absolute atomic E-state index is 0.119. The molecule has 0 atom stereocenters. The first kappa shape index (κ1) is 20.9. The number of anilines is 1. The maximum Gasteiger partial charge on any atom is 0.340 e. The first-order valence-corrected chi connectivity index (χ1v) is 11.4. The van der Waals surface area contributed by atoms with Crippen molar-refractivity contribution in [1.29, 1.82) is 0 Å². The van der Waals surface area contributed by atoms with E-state index in [1.165, 1.54) is 55.2 Å². The van der Waals surface area contributed by atoms with Gasteiger partial charge >= 0.3 is 5.97 Å². The molecule has 3 rings (SSSR count). The average molecular weight is 423 g/mol. The lowest BCUT2D eigenvalue weighted by Gasteiger charge is -2.21. The van der Waals surface area contributed by atoms with Crippen LogP contribution in [0.2, 0.25) is 0 Å². The molecule has 7 nitrogen and oxygen atoms in total. The molecular weight excluding hydrogens is 396 g/mol. The topological polar surface area (TPSA) is 97.0 Å². The third-order valence-electron chi connectivity index (χ3n) is 4.80. The molecule has 2 aromatic heterocycles. The molecular formula is C19H26N4O3S2. The zero-order valence-electron chi connectivity index (χ0n) is 16.5. The quantitative estimate of drug-likeness (QED) is 0.370. The van der Waals surface area contributed by atoms with Gasteiger partial charge in [-0.05, 0) is 33.6 Å². The van der Waals surface area contributed by atoms with Crippen molar-refractivity contribution in [2.24, 2.45) is 0 Å². The van der Waals surface area contributed by atoms with Gasteiger partial charge in [0.15, 0.2) is 10.1 Å². The zero-order valence-corrected chi connectivity index (χ0v) is 18.1. The smallest absolute Gasteiger partial charge is 0.340 e. The number of aromatic amines is 1. The summed E-state index contributed by atoms with van der Waals surface area (Å²) in [6.07, 6.45) is 6.16. The van der Waals surface area contributed by atoms with Crippen molar-refractivity contribution in [2.45, 2.75) is 63.3 Å². The van der Waals surface area contributed by atoms with Crippen LogP contribution in [0.4, 0.5) is 5.13 Å². The second kappa shape index (κ2) is 9.56. The largest absolute Gasteiger partial charge is 0.462 e. The van der Waals surface area contributed by atoms with Gasteiger partial charge < -0.3 is 15.0 Å². The Balaban J connectivity index is 1.62. The second-order valence-electron chi connectivity index (χ2n) is 6.91. The van der Waals surface area contributed by atoms with Gasteiger partial charge in [-0.15, -0.1) is 10.2 Å². The molecule has 0 bridgehead atoms. The van der Waals surface area contributed by atoms with Crippen molar-refractivity contribution in [3.8, 4) is 0 Å². The molecule has 2 N–H and O–H groups in total. The van der Waals surface area contributed by atoms with Gasteiger partial charge in [0.1, 0.15) is 0 Å². The summed E-state index contributed by atoms with van der Waals surface area (Å²) < 4.78 is 5.85. The normalized spacial score (nSPS) is 14.8. The lowest BCUT2D eigenvalue weighted by atomic mass is 9.96. The lowest BCUT2D eigenvalue weighted by Crippen LogP contribution is -2.21. The van der Waals surface area contributed by atoms with Gasteiger partial charge in [0.25, 0.3) is 0 Å². The SMILES string of the molecule is CCOC(=O)c1c(C)[nH]c(C)c1C(=O)CSc1nnc(NC2CCCCC2)s1. The van der Waals surface area contributed by atoms with Crippen molar-refractivity contribution < 1.29 is 14.3 Å². The minimum atomic E-state index is -0.465. The van der Waals surface area contributed by atoms with E-state index in [4.69, 9.17) is 4.74 Å². The van der Waals surface area contributed by atoms with E-state index in [0.717, 1.165) is 9.47 Å². The van der Waals surface area contributed by atoms with Crippen LogP contribution < -0.4 is 5.32 Å². The van der Waals surface area contributed by atoms with E-state index in [0.29, 0.717) is 28.6 Å². The summed E-state index contributed by atoms with van der Waals surface area (Å²) in [7, 11) is 0. The monoisotopic (exact) mass is 422 g/mol. The van der Waals surface area contributed by atoms with Gasteiger partial charge in [0, 0.05) is 17.4 Å². The van der Waals surface area contributed by atoms with Crippen LogP contribution in [0, 0.1) is 13.8 Å². The van der Waals surface area contributed by atoms with Crippen LogP contribution in [0.1, 0.15) is 71.1 Å². The number of ether oxygens (including phenoxy) is 1. The molecule has 9 heteroatoms. The molecule has 1 aliphatic carbocycles. The average Bonchev–Trinajstić information content (AvgIpc) is 3.24. The summed E-state index contributed by atoms with van der Waals surface area (Å²) in [4.78, 5) is 28.1. The fourth-order valence-corrected chi connectivity index (χ4v) is 5.24. The molecule has 2 heterocycles. The molecule has 0 spiro atoms. The standard InChI is InChI=1S/C19H26N4O3S2/c1-4-26-17(25)16-12(3)20-11(2)15(16)14(24)10-27-19-23-22-18(28-19)21-13-8-6-5-7-9-13/h13,20H,4-10H2,1-3H3,(H,21,22). The van der Waals surface area contributed by atoms with E-state index < -0.39 is 5.97 Å². The Morgan fingerprint density at radius 2 is 1.89 bits per heavy atom. The zero-order chi connectivity index (χ0) is 20.1. The number of carbonyl (C=O) groups excluding carboxylic acids is 2. The highest BCUT2D eigenvalue weighted by Gasteiger charge is 2.25. The van der Waals surface area contributed by atoms with Gasteiger partial charge in [-0.3, -0.25) is 4.79 Å². The van der Waals surface area contributed by atoms with E-state index in [1.807, 2.05) is 0 Å². The van der Waals surface area contributed by atoms with E-state index in [1.54, 1.807) is 20.8 Å². The highest BCUT2D eigenvalue weighted by molar-refractivity contribution is 8.01. The number of aromatic nitrogens is 3. The van der Waals surface area contributed by atoms with E-state index in [-0.39, 0.29) is 18.1 Å². The van der Waals surface area contributed by atoms with E-state index >= 15 is 0 Å². The van der Waals surface area contributed by atoms with Crippen LogP contribution in [-0.2, 0) is 4.74 Å². The predicted octanol–water partition coefficient (Wildman–Crippen LogP) is 4.38. The van der Waals surface area contributed by atoms with Crippen molar-refractivity contribution >= 4 is 40.0 Å².